The highest BCUT2D eigenvalue weighted by Gasteiger charge is 2.42. The molecule has 1 fully saturated rings. The lowest BCUT2D eigenvalue weighted by atomic mass is 9.91. The van der Waals surface area contributed by atoms with E-state index in [2.05, 4.69) is 0 Å². The molecular weight excluding hydrogens is 231 g/mol. The van der Waals surface area contributed by atoms with E-state index >= 15 is 0 Å². The van der Waals surface area contributed by atoms with Gasteiger partial charge in [-0.2, -0.15) is 0 Å². The first kappa shape index (κ1) is 13.2. The number of hydrogen-bond acceptors (Lipinski definition) is 2. The summed E-state index contributed by atoms with van der Waals surface area (Å²) in [6.07, 6.45) is 3.43. The number of aliphatic hydroxyl groups excluding tert-OH is 1. The average molecular weight is 250 g/mol. The molecule has 0 bridgehead atoms. The van der Waals surface area contributed by atoms with Gasteiger partial charge in [-0.15, -0.1) is 0 Å². The van der Waals surface area contributed by atoms with Crippen molar-refractivity contribution in [3.63, 3.8) is 0 Å². The largest absolute Gasteiger partial charge is 0.393 e. The van der Waals surface area contributed by atoms with Gasteiger partial charge in [-0.05, 0) is 32.8 Å². The van der Waals surface area contributed by atoms with Gasteiger partial charge in [0.05, 0.1) is 12.7 Å². The minimum absolute atomic E-state index is 0.0400. The molecule has 0 spiro atoms. The number of hydrogen-bond donors (Lipinski definition) is 1. The summed E-state index contributed by atoms with van der Waals surface area (Å²) in [6.45, 7) is 3.82. The Morgan fingerprint density at radius 3 is 2.83 bits per heavy atom. The van der Waals surface area contributed by atoms with Gasteiger partial charge >= 0.3 is 0 Å². The second kappa shape index (κ2) is 5.21. The molecule has 0 saturated carbocycles. The summed E-state index contributed by atoms with van der Waals surface area (Å²) in [5.74, 6) is -0.315. The van der Waals surface area contributed by atoms with Gasteiger partial charge in [0.15, 0.2) is 0 Å². The Morgan fingerprint density at radius 1 is 1.50 bits per heavy atom. The number of aliphatic hydroxyl groups is 1. The van der Waals surface area contributed by atoms with Crippen molar-refractivity contribution in [3.05, 3.63) is 47.3 Å². The van der Waals surface area contributed by atoms with Gasteiger partial charge in [0.1, 0.15) is 11.4 Å². The smallest absolute Gasteiger partial charge is 0.129 e. The van der Waals surface area contributed by atoms with Crippen LogP contribution in [0.25, 0.3) is 0 Å². The van der Waals surface area contributed by atoms with E-state index in [1.54, 1.807) is 18.2 Å². The predicted molar refractivity (Wildman–Crippen MR) is 68.7 cm³/mol. The van der Waals surface area contributed by atoms with Gasteiger partial charge in [-0.3, -0.25) is 0 Å². The van der Waals surface area contributed by atoms with Crippen molar-refractivity contribution in [3.8, 4) is 0 Å². The van der Waals surface area contributed by atoms with Gasteiger partial charge in [0.2, 0.25) is 0 Å². The first-order valence-corrected chi connectivity index (χ1v) is 6.26. The zero-order chi connectivity index (χ0) is 13.2. The fraction of sp³-hybridized carbons (Fsp3) is 0.467. The monoisotopic (exact) mass is 250 g/mol. The van der Waals surface area contributed by atoms with Gasteiger partial charge in [-0.1, -0.05) is 29.8 Å². The Hall–Kier alpha value is -1.19. The molecule has 1 aromatic carbocycles. The third-order valence-corrected chi connectivity index (χ3v) is 3.35. The number of rotatable bonds is 3. The van der Waals surface area contributed by atoms with Crippen molar-refractivity contribution in [1.29, 1.82) is 0 Å². The molecule has 2 rings (SSSR count). The van der Waals surface area contributed by atoms with Crippen LogP contribution in [-0.2, 0) is 10.3 Å². The van der Waals surface area contributed by atoms with Crippen LogP contribution in [0.1, 0.15) is 32.3 Å². The maximum atomic E-state index is 13.9. The van der Waals surface area contributed by atoms with Crippen LogP contribution in [0, 0.1) is 5.82 Å². The third kappa shape index (κ3) is 2.47. The van der Waals surface area contributed by atoms with Crippen LogP contribution in [0.4, 0.5) is 4.39 Å². The Balaban J connectivity index is 2.29. The van der Waals surface area contributed by atoms with Crippen LogP contribution in [0.5, 0.6) is 0 Å². The van der Waals surface area contributed by atoms with Gasteiger partial charge in [0, 0.05) is 5.56 Å². The van der Waals surface area contributed by atoms with E-state index in [-0.39, 0.29) is 18.5 Å². The SMILES string of the molecule is CC(C)=C[C@@H]1CC[C@](CO)(c2ccccc2F)O1. The minimum atomic E-state index is -0.887. The highest BCUT2D eigenvalue weighted by molar-refractivity contribution is 5.26. The molecule has 0 unspecified atom stereocenters. The van der Waals surface area contributed by atoms with E-state index < -0.39 is 5.60 Å². The molecule has 0 aromatic heterocycles. The Bertz CT molecular complexity index is 452. The molecule has 2 nitrogen and oxygen atoms in total. The number of ether oxygens (including phenoxy) is 1. The molecule has 0 amide bonds. The Morgan fingerprint density at radius 2 is 2.22 bits per heavy atom. The lowest BCUT2D eigenvalue weighted by molar-refractivity contribution is -0.0666. The van der Waals surface area contributed by atoms with Crippen molar-refractivity contribution < 1.29 is 14.2 Å². The van der Waals surface area contributed by atoms with Crippen molar-refractivity contribution in [2.24, 2.45) is 0 Å². The molecule has 0 aliphatic carbocycles. The molecule has 1 heterocycles. The third-order valence-electron chi connectivity index (χ3n) is 3.35. The molecule has 98 valence electrons. The van der Waals surface area contributed by atoms with Crippen molar-refractivity contribution in [1.82, 2.24) is 0 Å². The fourth-order valence-corrected chi connectivity index (χ4v) is 2.50. The molecule has 1 saturated heterocycles. The molecule has 1 aliphatic heterocycles. The lowest BCUT2D eigenvalue weighted by Gasteiger charge is -2.28. The fourth-order valence-electron chi connectivity index (χ4n) is 2.50. The van der Waals surface area contributed by atoms with Crippen LogP contribution in [0.2, 0.25) is 0 Å². The molecule has 3 heteroatoms. The van der Waals surface area contributed by atoms with Crippen molar-refractivity contribution in [2.75, 3.05) is 6.61 Å². The standard InChI is InChI=1S/C15H19FO2/c1-11(2)9-12-7-8-15(10-17,18-12)13-5-3-4-6-14(13)16/h3-6,9,12,17H,7-8,10H2,1-2H3/t12-,15-/m0/s1. The van der Waals surface area contributed by atoms with Crippen molar-refractivity contribution >= 4 is 0 Å². The maximum Gasteiger partial charge on any atom is 0.129 e. The van der Waals surface area contributed by atoms with Crippen LogP contribution in [0.15, 0.2) is 35.9 Å². The highest BCUT2D eigenvalue weighted by Crippen LogP contribution is 2.40. The maximum absolute atomic E-state index is 13.9. The van der Waals surface area contributed by atoms with E-state index in [1.165, 1.54) is 11.6 Å². The summed E-state index contributed by atoms with van der Waals surface area (Å²) in [5.41, 5.74) is 0.738. The zero-order valence-electron chi connectivity index (χ0n) is 10.8. The summed E-state index contributed by atoms with van der Waals surface area (Å²) in [7, 11) is 0. The Labute approximate surface area is 107 Å². The number of allylic oxidation sites excluding steroid dienone is 1. The van der Waals surface area contributed by atoms with E-state index in [0.29, 0.717) is 12.0 Å². The van der Waals surface area contributed by atoms with Crippen LogP contribution in [-0.4, -0.2) is 17.8 Å². The van der Waals surface area contributed by atoms with E-state index in [9.17, 15) is 9.50 Å². The second-order valence-corrected chi connectivity index (χ2v) is 5.07. The zero-order valence-corrected chi connectivity index (χ0v) is 10.8. The van der Waals surface area contributed by atoms with Gasteiger partial charge in [-0.25, -0.2) is 4.39 Å². The molecule has 18 heavy (non-hydrogen) atoms. The minimum Gasteiger partial charge on any atom is -0.393 e. The van der Waals surface area contributed by atoms with Crippen LogP contribution >= 0.6 is 0 Å². The summed E-state index contributed by atoms with van der Waals surface area (Å²) >= 11 is 0. The number of benzene rings is 1. The Kier molecular flexibility index (Phi) is 3.83. The topological polar surface area (TPSA) is 29.5 Å². The first-order valence-electron chi connectivity index (χ1n) is 6.26. The molecule has 1 aliphatic rings. The quantitative estimate of drug-likeness (QED) is 0.835. The first-order chi connectivity index (χ1) is 8.57. The molecular formula is C15H19FO2. The van der Waals surface area contributed by atoms with Gasteiger partial charge in [0.25, 0.3) is 0 Å². The van der Waals surface area contributed by atoms with E-state index in [1.807, 2.05) is 19.9 Å². The number of halogens is 1. The van der Waals surface area contributed by atoms with Crippen LogP contribution in [0.3, 0.4) is 0 Å². The molecule has 2 atom stereocenters. The predicted octanol–water partition coefficient (Wildman–Crippen LogP) is 3.16. The van der Waals surface area contributed by atoms with Gasteiger partial charge < -0.3 is 9.84 Å². The second-order valence-electron chi connectivity index (χ2n) is 5.07. The molecule has 0 radical (unpaired) electrons. The summed E-state index contributed by atoms with van der Waals surface area (Å²) in [6, 6.07) is 6.51. The normalized spacial score (nSPS) is 27.2. The molecule has 1 aromatic rings. The highest BCUT2D eigenvalue weighted by atomic mass is 19.1. The lowest BCUT2D eigenvalue weighted by Crippen LogP contribution is -2.31. The van der Waals surface area contributed by atoms with E-state index in [0.717, 1.165) is 6.42 Å². The average Bonchev–Trinajstić information content (AvgIpc) is 2.73. The van der Waals surface area contributed by atoms with Crippen LogP contribution < -0.4 is 0 Å². The summed E-state index contributed by atoms with van der Waals surface area (Å²) in [4.78, 5) is 0. The molecule has 1 N–H and O–H groups in total. The summed E-state index contributed by atoms with van der Waals surface area (Å²) in [5, 5.41) is 9.63. The van der Waals surface area contributed by atoms with Crippen molar-refractivity contribution in [2.45, 2.75) is 38.4 Å². The summed E-state index contributed by atoms with van der Waals surface area (Å²) < 4.78 is 19.8. The van der Waals surface area contributed by atoms with E-state index in [4.69, 9.17) is 4.74 Å².